The van der Waals surface area contributed by atoms with Crippen molar-refractivity contribution in [3.63, 3.8) is 0 Å². The number of amides is 1. The number of rotatable bonds is 2. The van der Waals surface area contributed by atoms with Crippen LogP contribution < -0.4 is 0 Å². The second kappa shape index (κ2) is 6.09. The summed E-state index contributed by atoms with van der Waals surface area (Å²) in [4.78, 5) is 18.5. The Hall–Kier alpha value is -1.66. The lowest BCUT2D eigenvalue weighted by Gasteiger charge is -2.40. The van der Waals surface area contributed by atoms with Gasteiger partial charge in [-0.3, -0.25) is 9.69 Å². The standard InChI is InChI=1S/C17H21N3O2S/c1-12-10-15(18-22-12)17(21)19-6-2-14(3-7-19)20-8-4-16-13(11-20)5-9-23-16/h5,9-10,14H,2-4,6-8,11H2,1H3. The number of thiophene rings is 1. The fourth-order valence-electron chi connectivity index (χ4n) is 3.65. The topological polar surface area (TPSA) is 49.6 Å². The van der Waals surface area contributed by atoms with Crippen molar-refractivity contribution in [2.45, 2.75) is 38.8 Å². The molecule has 2 aliphatic rings. The molecule has 122 valence electrons. The summed E-state index contributed by atoms with van der Waals surface area (Å²) in [6.45, 7) is 5.64. The first-order valence-corrected chi connectivity index (χ1v) is 9.10. The molecule has 4 heterocycles. The molecule has 0 atom stereocenters. The van der Waals surface area contributed by atoms with E-state index < -0.39 is 0 Å². The van der Waals surface area contributed by atoms with Gasteiger partial charge in [-0.15, -0.1) is 11.3 Å². The van der Waals surface area contributed by atoms with Gasteiger partial charge in [-0.25, -0.2) is 0 Å². The number of piperidine rings is 1. The van der Waals surface area contributed by atoms with Crippen molar-refractivity contribution < 1.29 is 9.32 Å². The molecule has 1 saturated heterocycles. The highest BCUT2D eigenvalue weighted by molar-refractivity contribution is 7.10. The Balaban J connectivity index is 1.35. The predicted octanol–water partition coefficient (Wildman–Crippen LogP) is 2.71. The summed E-state index contributed by atoms with van der Waals surface area (Å²) in [6.07, 6.45) is 3.26. The summed E-state index contributed by atoms with van der Waals surface area (Å²) in [7, 11) is 0. The zero-order valence-electron chi connectivity index (χ0n) is 13.3. The Morgan fingerprint density at radius 1 is 1.35 bits per heavy atom. The van der Waals surface area contributed by atoms with Gasteiger partial charge in [0, 0.05) is 43.2 Å². The van der Waals surface area contributed by atoms with Crippen LogP contribution in [0.2, 0.25) is 0 Å². The van der Waals surface area contributed by atoms with Gasteiger partial charge in [0.25, 0.3) is 5.91 Å². The SMILES string of the molecule is Cc1cc(C(=O)N2CCC(N3CCc4sccc4C3)CC2)no1. The third-order valence-corrected chi connectivity index (χ3v) is 5.98. The molecule has 1 fully saturated rings. The van der Waals surface area contributed by atoms with Crippen LogP contribution in [-0.2, 0) is 13.0 Å². The van der Waals surface area contributed by atoms with Gasteiger partial charge in [0.15, 0.2) is 5.69 Å². The van der Waals surface area contributed by atoms with Gasteiger partial charge >= 0.3 is 0 Å². The van der Waals surface area contributed by atoms with Crippen molar-refractivity contribution in [1.82, 2.24) is 15.0 Å². The minimum Gasteiger partial charge on any atom is -0.361 e. The predicted molar refractivity (Wildman–Crippen MR) is 88.6 cm³/mol. The third kappa shape index (κ3) is 2.93. The number of hydrogen-bond donors (Lipinski definition) is 0. The molecule has 0 unspecified atom stereocenters. The van der Waals surface area contributed by atoms with E-state index in [2.05, 4.69) is 21.5 Å². The molecule has 23 heavy (non-hydrogen) atoms. The number of fused-ring (bicyclic) bond motifs is 1. The Labute approximate surface area is 139 Å². The van der Waals surface area contributed by atoms with E-state index in [4.69, 9.17) is 4.52 Å². The van der Waals surface area contributed by atoms with Gasteiger partial charge in [0.05, 0.1) is 0 Å². The van der Waals surface area contributed by atoms with Crippen molar-refractivity contribution in [2.75, 3.05) is 19.6 Å². The lowest BCUT2D eigenvalue weighted by molar-refractivity contribution is 0.0591. The molecule has 5 nitrogen and oxygen atoms in total. The minimum absolute atomic E-state index is 0.000866. The van der Waals surface area contributed by atoms with Gasteiger partial charge in [0.1, 0.15) is 5.76 Å². The zero-order chi connectivity index (χ0) is 15.8. The largest absolute Gasteiger partial charge is 0.361 e. The molecular weight excluding hydrogens is 310 g/mol. The van der Waals surface area contributed by atoms with E-state index in [-0.39, 0.29) is 5.91 Å². The number of carbonyl (C=O) groups is 1. The minimum atomic E-state index is -0.000866. The van der Waals surface area contributed by atoms with Crippen molar-refractivity contribution in [3.05, 3.63) is 39.4 Å². The Kier molecular flexibility index (Phi) is 3.95. The van der Waals surface area contributed by atoms with E-state index in [1.165, 1.54) is 12.0 Å². The van der Waals surface area contributed by atoms with E-state index in [1.807, 2.05) is 23.2 Å². The Morgan fingerprint density at radius 2 is 2.17 bits per heavy atom. The smallest absolute Gasteiger partial charge is 0.276 e. The molecule has 0 saturated carbocycles. The number of hydrogen-bond acceptors (Lipinski definition) is 5. The fraction of sp³-hybridized carbons (Fsp3) is 0.529. The molecular formula is C17H21N3O2S. The molecule has 0 bridgehead atoms. The number of carbonyl (C=O) groups excluding carboxylic acids is 1. The van der Waals surface area contributed by atoms with Gasteiger partial charge in [-0.2, -0.15) is 0 Å². The molecule has 2 aliphatic heterocycles. The average Bonchev–Trinajstić information content (AvgIpc) is 3.22. The second-order valence-corrected chi connectivity index (χ2v) is 7.44. The molecule has 2 aromatic rings. The quantitative estimate of drug-likeness (QED) is 0.849. The van der Waals surface area contributed by atoms with Crippen LogP contribution in [0.4, 0.5) is 0 Å². The Bertz CT molecular complexity index is 700. The number of aryl methyl sites for hydroxylation is 1. The average molecular weight is 331 g/mol. The summed E-state index contributed by atoms with van der Waals surface area (Å²) in [6, 6.07) is 4.57. The van der Waals surface area contributed by atoms with Gasteiger partial charge in [-0.1, -0.05) is 5.16 Å². The van der Waals surface area contributed by atoms with Crippen molar-refractivity contribution >= 4 is 17.2 Å². The van der Waals surface area contributed by atoms with Crippen LogP contribution in [0, 0.1) is 6.92 Å². The van der Waals surface area contributed by atoms with Crippen LogP contribution >= 0.6 is 11.3 Å². The number of nitrogens with zero attached hydrogens (tertiary/aromatic N) is 3. The summed E-state index contributed by atoms with van der Waals surface area (Å²) in [5.41, 5.74) is 1.93. The van der Waals surface area contributed by atoms with E-state index >= 15 is 0 Å². The van der Waals surface area contributed by atoms with Crippen LogP contribution in [0.1, 0.15) is 39.5 Å². The first-order valence-electron chi connectivity index (χ1n) is 8.22. The van der Waals surface area contributed by atoms with Gasteiger partial charge in [0.2, 0.25) is 0 Å². The van der Waals surface area contributed by atoms with Crippen molar-refractivity contribution in [3.8, 4) is 0 Å². The summed E-state index contributed by atoms with van der Waals surface area (Å²) in [5, 5.41) is 6.05. The molecule has 0 aromatic carbocycles. The summed E-state index contributed by atoms with van der Waals surface area (Å²) in [5.74, 6) is 0.683. The Morgan fingerprint density at radius 3 is 2.91 bits per heavy atom. The molecule has 0 spiro atoms. The van der Waals surface area contributed by atoms with Gasteiger partial charge in [-0.05, 0) is 43.2 Å². The lowest BCUT2D eigenvalue weighted by atomic mass is 9.99. The van der Waals surface area contributed by atoms with Crippen LogP contribution in [0.15, 0.2) is 22.0 Å². The zero-order valence-corrected chi connectivity index (χ0v) is 14.1. The van der Waals surface area contributed by atoms with Crippen LogP contribution in [-0.4, -0.2) is 46.5 Å². The molecule has 0 radical (unpaired) electrons. The molecule has 2 aromatic heterocycles. The summed E-state index contributed by atoms with van der Waals surface area (Å²) >= 11 is 1.88. The normalized spacial score (nSPS) is 19.8. The highest BCUT2D eigenvalue weighted by atomic mass is 32.1. The van der Waals surface area contributed by atoms with E-state index in [0.717, 1.165) is 39.0 Å². The second-order valence-electron chi connectivity index (χ2n) is 6.44. The van der Waals surface area contributed by atoms with E-state index in [1.54, 1.807) is 10.9 Å². The highest BCUT2D eigenvalue weighted by Gasteiger charge is 2.30. The highest BCUT2D eigenvalue weighted by Crippen LogP contribution is 2.28. The monoisotopic (exact) mass is 331 g/mol. The molecule has 6 heteroatoms. The van der Waals surface area contributed by atoms with Crippen LogP contribution in [0.25, 0.3) is 0 Å². The lowest BCUT2D eigenvalue weighted by Crippen LogP contribution is -2.48. The van der Waals surface area contributed by atoms with Crippen LogP contribution in [0.5, 0.6) is 0 Å². The van der Waals surface area contributed by atoms with E-state index in [9.17, 15) is 4.79 Å². The maximum absolute atomic E-state index is 12.4. The summed E-state index contributed by atoms with van der Waals surface area (Å²) < 4.78 is 5.01. The first kappa shape index (κ1) is 14.9. The molecule has 0 aliphatic carbocycles. The third-order valence-electron chi connectivity index (χ3n) is 4.95. The first-order chi connectivity index (χ1) is 11.2. The van der Waals surface area contributed by atoms with Gasteiger partial charge < -0.3 is 9.42 Å². The molecule has 0 N–H and O–H groups in total. The van der Waals surface area contributed by atoms with Crippen molar-refractivity contribution in [2.24, 2.45) is 0 Å². The van der Waals surface area contributed by atoms with Crippen molar-refractivity contribution in [1.29, 1.82) is 0 Å². The van der Waals surface area contributed by atoms with E-state index in [0.29, 0.717) is 17.5 Å². The maximum atomic E-state index is 12.4. The maximum Gasteiger partial charge on any atom is 0.276 e. The molecule has 4 rings (SSSR count). The fourth-order valence-corrected chi connectivity index (χ4v) is 4.53. The number of aromatic nitrogens is 1. The molecule has 1 amide bonds. The van der Waals surface area contributed by atoms with Crippen LogP contribution in [0.3, 0.4) is 0 Å². The number of likely N-dealkylation sites (tertiary alicyclic amines) is 1.